The molecule has 0 saturated carbocycles. The van der Waals surface area contributed by atoms with E-state index in [-0.39, 0.29) is 11.2 Å². The molecule has 1 aliphatic heterocycles. The largest absolute Gasteiger partial charge is 0.374 e. The normalized spacial score (nSPS) is 20.8. The molecule has 0 aromatic heterocycles. The summed E-state index contributed by atoms with van der Waals surface area (Å²) in [4.78, 5) is 12.5. The van der Waals surface area contributed by atoms with E-state index in [0.717, 1.165) is 16.1 Å². The lowest BCUT2D eigenvalue weighted by molar-refractivity contribution is -0.111. The van der Waals surface area contributed by atoms with Gasteiger partial charge in [0.2, 0.25) is 5.12 Å². The van der Waals surface area contributed by atoms with Crippen molar-refractivity contribution in [3.05, 3.63) is 23.8 Å². The predicted molar refractivity (Wildman–Crippen MR) is 55.1 cm³/mol. The molecular weight excluding hydrogens is 182 g/mol. The van der Waals surface area contributed by atoms with Crippen molar-refractivity contribution < 1.29 is 4.79 Å². The minimum Gasteiger partial charge on any atom is -0.374 e. The second kappa shape index (κ2) is 3.07. The van der Waals surface area contributed by atoms with E-state index in [0.29, 0.717) is 0 Å². The van der Waals surface area contributed by atoms with E-state index >= 15 is 0 Å². The van der Waals surface area contributed by atoms with Gasteiger partial charge in [0.15, 0.2) is 0 Å². The number of hydrogen-bond acceptors (Lipinski definition) is 3. The van der Waals surface area contributed by atoms with Gasteiger partial charge in [-0.15, -0.1) is 0 Å². The Balaban J connectivity index is 2.48. The van der Waals surface area contributed by atoms with Gasteiger partial charge in [0.25, 0.3) is 0 Å². The summed E-state index contributed by atoms with van der Waals surface area (Å²) in [5, 5.41) is 3.38. The van der Waals surface area contributed by atoms with Gasteiger partial charge in [0.1, 0.15) is 0 Å². The lowest BCUT2D eigenvalue weighted by Crippen LogP contribution is -2.27. The van der Waals surface area contributed by atoms with Gasteiger partial charge in [-0.3, -0.25) is 4.79 Å². The minimum atomic E-state index is -0.0701. The molecule has 2 nitrogen and oxygen atoms in total. The second-order valence-corrected chi connectivity index (χ2v) is 4.25. The molecule has 0 fully saturated rings. The quantitative estimate of drug-likeness (QED) is 0.686. The average molecular weight is 193 g/mol. The zero-order valence-electron chi connectivity index (χ0n) is 7.63. The van der Waals surface area contributed by atoms with Crippen LogP contribution in [0.2, 0.25) is 0 Å². The Hall–Kier alpha value is -0.960. The highest BCUT2D eigenvalue weighted by molar-refractivity contribution is 8.14. The Morgan fingerprint density at radius 3 is 3.00 bits per heavy atom. The molecule has 2 rings (SSSR count). The summed E-state index contributed by atoms with van der Waals surface area (Å²) in [5.74, 6) is 0. The molecule has 0 amide bonds. The van der Waals surface area contributed by atoms with Crippen molar-refractivity contribution in [3.63, 3.8) is 0 Å². The lowest BCUT2D eigenvalue weighted by atomic mass is 10.2. The van der Waals surface area contributed by atoms with E-state index in [1.54, 1.807) is 0 Å². The number of aryl methyl sites for hydroxylation is 1. The molecule has 1 aromatic carbocycles. The number of nitrogens with one attached hydrogen (secondary N) is 1. The van der Waals surface area contributed by atoms with Crippen LogP contribution in [0.3, 0.4) is 0 Å². The lowest BCUT2D eigenvalue weighted by Gasteiger charge is -2.23. The molecule has 13 heavy (non-hydrogen) atoms. The van der Waals surface area contributed by atoms with Gasteiger partial charge < -0.3 is 5.32 Å². The van der Waals surface area contributed by atoms with Crippen molar-refractivity contribution in [1.82, 2.24) is 0 Å². The first-order valence-electron chi connectivity index (χ1n) is 4.26. The fourth-order valence-electron chi connectivity index (χ4n) is 1.38. The standard InChI is InChI=1S/C10H11NOS/c1-6-4-3-5-8-9(6)13-10(12)7(2)11-8/h3-5,7,11H,1-2H3. The maximum Gasteiger partial charge on any atom is 0.215 e. The summed E-state index contributed by atoms with van der Waals surface area (Å²) >= 11 is 1.35. The van der Waals surface area contributed by atoms with E-state index in [1.165, 1.54) is 11.8 Å². The highest BCUT2D eigenvalue weighted by atomic mass is 32.2. The molecule has 1 atom stereocenters. The van der Waals surface area contributed by atoms with Crippen LogP contribution in [0.4, 0.5) is 5.69 Å². The van der Waals surface area contributed by atoms with Gasteiger partial charge in [-0.1, -0.05) is 12.1 Å². The Kier molecular flexibility index (Phi) is 2.04. The topological polar surface area (TPSA) is 29.1 Å². The Bertz CT molecular complexity index is 362. The third-order valence-corrected chi connectivity index (χ3v) is 3.44. The van der Waals surface area contributed by atoms with E-state index in [1.807, 2.05) is 32.0 Å². The third-order valence-electron chi connectivity index (χ3n) is 2.14. The molecule has 0 saturated heterocycles. The molecular formula is C10H11NOS. The fourth-order valence-corrected chi connectivity index (χ4v) is 2.29. The zero-order valence-corrected chi connectivity index (χ0v) is 8.44. The molecule has 3 heteroatoms. The molecule has 1 aliphatic rings. The SMILES string of the molecule is Cc1cccc2c1SC(=O)C(C)N2. The fraction of sp³-hybridized carbons (Fsp3) is 0.300. The van der Waals surface area contributed by atoms with Crippen molar-refractivity contribution >= 4 is 22.6 Å². The molecule has 1 N–H and O–H groups in total. The minimum absolute atomic E-state index is 0.0701. The second-order valence-electron chi connectivity index (χ2n) is 3.24. The predicted octanol–water partition coefficient (Wildman–Crippen LogP) is 2.43. The maximum absolute atomic E-state index is 11.4. The molecule has 1 unspecified atom stereocenters. The van der Waals surface area contributed by atoms with E-state index in [4.69, 9.17) is 0 Å². The third kappa shape index (κ3) is 1.44. The zero-order chi connectivity index (χ0) is 9.42. The molecule has 68 valence electrons. The Morgan fingerprint density at radius 2 is 2.23 bits per heavy atom. The van der Waals surface area contributed by atoms with Crippen LogP contribution in [0.25, 0.3) is 0 Å². The highest BCUT2D eigenvalue weighted by Gasteiger charge is 2.23. The smallest absolute Gasteiger partial charge is 0.215 e. The van der Waals surface area contributed by atoms with Crippen LogP contribution >= 0.6 is 11.8 Å². The van der Waals surface area contributed by atoms with Gasteiger partial charge in [-0.25, -0.2) is 0 Å². The summed E-state index contributed by atoms with van der Waals surface area (Å²) in [6.45, 7) is 3.91. The molecule has 0 spiro atoms. The van der Waals surface area contributed by atoms with Gasteiger partial charge in [0.05, 0.1) is 6.04 Å². The highest BCUT2D eigenvalue weighted by Crippen LogP contribution is 2.36. The first-order chi connectivity index (χ1) is 6.18. The van der Waals surface area contributed by atoms with Crippen molar-refractivity contribution in [2.24, 2.45) is 0 Å². The number of rotatable bonds is 0. The van der Waals surface area contributed by atoms with Gasteiger partial charge >= 0.3 is 0 Å². The number of anilines is 1. The first-order valence-corrected chi connectivity index (χ1v) is 5.08. The van der Waals surface area contributed by atoms with Crippen LogP contribution in [-0.2, 0) is 4.79 Å². The molecule has 1 heterocycles. The molecule has 1 aromatic rings. The van der Waals surface area contributed by atoms with Crippen LogP contribution < -0.4 is 5.32 Å². The van der Waals surface area contributed by atoms with Crippen LogP contribution in [0.15, 0.2) is 23.1 Å². The van der Waals surface area contributed by atoms with Crippen molar-refractivity contribution in [1.29, 1.82) is 0 Å². The number of thioether (sulfide) groups is 1. The van der Waals surface area contributed by atoms with Crippen molar-refractivity contribution in [2.45, 2.75) is 24.8 Å². The van der Waals surface area contributed by atoms with Crippen molar-refractivity contribution in [2.75, 3.05) is 5.32 Å². The van der Waals surface area contributed by atoms with Gasteiger partial charge in [-0.05, 0) is 37.2 Å². The molecule has 0 radical (unpaired) electrons. The Morgan fingerprint density at radius 1 is 1.46 bits per heavy atom. The number of fused-ring (bicyclic) bond motifs is 1. The summed E-state index contributed by atoms with van der Waals surface area (Å²) < 4.78 is 0. The number of hydrogen-bond donors (Lipinski definition) is 1. The van der Waals surface area contributed by atoms with Crippen LogP contribution in [0.5, 0.6) is 0 Å². The van der Waals surface area contributed by atoms with Crippen LogP contribution in [0, 0.1) is 6.92 Å². The molecule has 0 aliphatic carbocycles. The maximum atomic E-state index is 11.4. The summed E-state index contributed by atoms with van der Waals surface area (Å²) in [5.41, 5.74) is 2.24. The van der Waals surface area contributed by atoms with E-state index in [9.17, 15) is 4.79 Å². The Labute approximate surface area is 81.7 Å². The van der Waals surface area contributed by atoms with E-state index in [2.05, 4.69) is 5.32 Å². The van der Waals surface area contributed by atoms with Crippen LogP contribution in [-0.4, -0.2) is 11.2 Å². The number of carbonyl (C=O) groups is 1. The monoisotopic (exact) mass is 193 g/mol. The summed E-state index contributed by atoms with van der Waals surface area (Å²) in [7, 11) is 0. The number of carbonyl (C=O) groups excluding carboxylic acids is 1. The van der Waals surface area contributed by atoms with E-state index < -0.39 is 0 Å². The summed E-state index contributed by atoms with van der Waals surface area (Å²) in [6, 6.07) is 5.97. The van der Waals surface area contributed by atoms with Crippen molar-refractivity contribution in [3.8, 4) is 0 Å². The first kappa shape index (κ1) is 8.63. The number of benzene rings is 1. The average Bonchev–Trinajstić information content (AvgIpc) is 2.09. The van der Waals surface area contributed by atoms with Gasteiger partial charge in [-0.2, -0.15) is 0 Å². The van der Waals surface area contributed by atoms with Crippen LogP contribution in [0.1, 0.15) is 12.5 Å². The molecule has 0 bridgehead atoms. The summed E-state index contributed by atoms with van der Waals surface area (Å²) in [6.07, 6.45) is 0. The van der Waals surface area contributed by atoms with Gasteiger partial charge in [0, 0.05) is 10.6 Å².